The van der Waals surface area contributed by atoms with Gasteiger partial charge in [-0.3, -0.25) is 9.00 Å². The molecule has 0 aromatic heterocycles. The van der Waals surface area contributed by atoms with Crippen LogP contribution in [0.4, 0.5) is 0 Å². The average Bonchev–Trinajstić information content (AvgIpc) is 1.88. The molecule has 1 unspecified atom stereocenters. The minimum atomic E-state index is -0.712. The van der Waals surface area contributed by atoms with Crippen LogP contribution in [0.25, 0.3) is 0 Å². The topological polar surface area (TPSA) is 34.1 Å². The molecule has 1 rings (SSSR count). The van der Waals surface area contributed by atoms with Crippen molar-refractivity contribution < 1.29 is 9.00 Å². The van der Waals surface area contributed by atoms with Crippen molar-refractivity contribution in [2.24, 2.45) is 5.92 Å². The van der Waals surface area contributed by atoms with Gasteiger partial charge < -0.3 is 0 Å². The summed E-state index contributed by atoms with van der Waals surface area (Å²) in [5, 5.41) is 0. The van der Waals surface area contributed by atoms with Crippen LogP contribution in [0.15, 0.2) is 0 Å². The smallest absolute Gasteiger partial charge is 0.133 e. The van der Waals surface area contributed by atoms with Crippen molar-refractivity contribution in [1.82, 2.24) is 0 Å². The predicted octanol–water partition coefficient (Wildman–Crippen LogP) is 0.734. The molecule has 58 valence electrons. The summed E-state index contributed by atoms with van der Waals surface area (Å²) >= 11 is 0. The molecule has 0 aromatic carbocycles. The lowest BCUT2D eigenvalue weighted by Crippen LogP contribution is -2.25. The highest BCUT2D eigenvalue weighted by Crippen LogP contribution is 2.15. The zero-order valence-electron chi connectivity index (χ0n) is 6.13. The second kappa shape index (κ2) is 3.28. The van der Waals surface area contributed by atoms with Crippen molar-refractivity contribution in [2.45, 2.75) is 19.8 Å². The first-order valence-corrected chi connectivity index (χ1v) is 5.04. The van der Waals surface area contributed by atoms with Crippen LogP contribution in [0, 0.1) is 5.92 Å². The summed E-state index contributed by atoms with van der Waals surface area (Å²) in [6.45, 7) is 1.59. The Balaban J connectivity index is 2.47. The molecule has 0 bridgehead atoms. The molecular formula is C7H12O2S. The maximum atomic E-state index is 10.9. The van der Waals surface area contributed by atoms with E-state index in [9.17, 15) is 9.00 Å². The fraction of sp³-hybridized carbons (Fsp3) is 0.857. The van der Waals surface area contributed by atoms with Gasteiger partial charge in [0.05, 0.1) is 0 Å². The number of rotatable bonds is 1. The average molecular weight is 160 g/mol. The molecule has 0 amide bonds. The van der Waals surface area contributed by atoms with Crippen LogP contribution in [-0.2, 0) is 15.6 Å². The Morgan fingerprint density at radius 1 is 1.60 bits per heavy atom. The van der Waals surface area contributed by atoms with Crippen LogP contribution >= 0.6 is 0 Å². The summed E-state index contributed by atoms with van der Waals surface area (Å²) in [7, 11) is -0.712. The van der Waals surface area contributed by atoms with Crippen LogP contribution in [0.2, 0.25) is 0 Å². The van der Waals surface area contributed by atoms with Gasteiger partial charge >= 0.3 is 0 Å². The third-order valence-corrected chi connectivity index (χ3v) is 3.40. The summed E-state index contributed by atoms with van der Waals surface area (Å²) in [4.78, 5) is 10.8. The van der Waals surface area contributed by atoms with Gasteiger partial charge in [-0.05, 0) is 19.8 Å². The molecule has 1 aliphatic heterocycles. The minimum Gasteiger partial charge on any atom is -0.300 e. The second-order valence-electron chi connectivity index (χ2n) is 2.76. The van der Waals surface area contributed by atoms with Crippen molar-refractivity contribution in [2.75, 3.05) is 11.5 Å². The van der Waals surface area contributed by atoms with Gasteiger partial charge in [0, 0.05) is 28.2 Å². The quantitative estimate of drug-likeness (QED) is 0.567. The fourth-order valence-electron chi connectivity index (χ4n) is 1.20. The van der Waals surface area contributed by atoms with E-state index >= 15 is 0 Å². The van der Waals surface area contributed by atoms with E-state index < -0.39 is 10.8 Å². The van der Waals surface area contributed by atoms with Gasteiger partial charge in [0.1, 0.15) is 5.78 Å². The molecule has 2 atom stereocenters. The van der Waals surface area contributed by atoms with E-state index in [1.54, 1.807) is 6.92 Å². The Labute approximate surface area is 63.5 Å². The van der Waals surface area contributed by atoms with E-state index in [2.05, 4.69) is 0 Å². The number of Topliss-reactive ketones (excluding diaryl/α,β-unsaturated/α-hetero) is 1. The molecule has 0 N–H and O–H groups in total. The fourth-order valence-corrected chi connectivity index (χ4v) is 2.71. The monoisotopic (exact) mass is 160 g/mol. The predicted molar refractivity (Wildman–Crippen MR) is 41.3 cm³/mol. The molecule has 0 aromatic rings. The van der Waals surface area contributed by atoms with E-state index in [0.717, 1.165) is 18.6 Å². The lowest BCUT2D eigenvalue weighted by atomic mass is 10.0. The molecule has 1 aliphatic rings. The number of hydrogen-bond donors (Lipinski definition) is 0. The maximum absolute atomic E-state index is 10.9. The van der Waals surface area contributed by atoms with Crippen LogP contribution in [0.3, 0.4) is 0 Å². The molecule has 10 heavy (non-hydrogen) atoms. The largest absolute Gasteiger partial charge is 0.300 e. The Morgan fingerprint density at radius 2 is 2.30 bits per heavy atom. The first kappa shape index (κ1) is 7.92. The van der Waals surface area contributed by atoms with Crippen LogP contribution in [0.5, 0.6) is 0 Å². The van der Waals surface area contributed by atoms with E-state index in [1.165, 1.54) is 0 Å². The normalized spacial score (nSPS) is 33.7. The van der Waals surface area contributed by atoms with E-state index in [1.807, 2.05) is 0 Å². The number of carbonyl (C=O) groups is 1. The van der Waals surface area contributed by atoms with E-state index in [0.29, 0.717) is 5.75 Å². The van der Waals surface area contributed by atoms with E-state index in [4.69, 9.17) is 0 Å². The molecule has 0 aliphatic carbocycles. The van der Waals surface area contributed by atoms with Gasteiger partial charge in [-0.1, -0.05) is 0 Å². The molecule has 3 heteroatoms. The summed E-state index contributed by atoms with van der Waals surface area (Å²) in [6, 6.07) is 0. The highest BCUT2D eigenvalue weighted by molar-refractivity contribution is 7.85. The molecule has 2 nitrogen and oxygen atoms in total. The zero-order chi connectivity index (χ0) is 7.56. The van der Waals surface area contributed by atoms with Crippen molar-refractivity contribution >= 4 is 16.6 Å². The third kappa shape index (κ3) is 1.90. The highest BCUT2D eigenvalue weighted by Gasteiger charge is 2.21. The van der Waals surface area contributed by atoms with Crippen LogP contribution < -0.4 is 0 Å². The number of hydrogen-bond acceptors (Lipinski definition) is 2. The molecule has 0 spiro atoms. The molecule has 0 radical (unpaired) electrons. The van der Waals surface area contributed by atoms with Crippen molar-refractivity contribution in [3.8, 4) is 0 Å². The first-order valence-electron chi connectivity index (χ1n) is 3.55. The molecule has 1 heterocycles. The molecule has 1 saturated heterocycles. The summed E-state index contributed by atoms with van der Waals surface area (Å²) < 4.78 is 10.9. The van der Waals surface area contributed by atoms with E-state index in [-0.39, 0.29) is 11.7 Å². The van der Waals surface area contributed by atoms with Gasteiger partial charge in [-0.25, -0.2) is 0 Å². The Morgan fingerprint density at radius 3 is 2.70 bits per heavy atom. The van der Waals surface area contributed by atoms with Gasteiger partial charge in [0.25, 0.3) is 0 Å². The van der Waals surface area contributed by atoms with Crippen LogP contribution in [0.1, 0.15) is 19.8 Å². The lowest BCUT2D eigenvalue weighted by molar-refractivity contribution is -0.120. The summed E-state index contributed by atoms with van der Waals surface area (Å²) in [5.41, 5.74) is 0. The Kier molecular flexibility index (Phi) is 2.60. The highest BCUT2D eigenvalue weighted by atomic mass is 32.2. The second-order valence-corrected chi connectivity index (χ2v) is 4.38. The van der Waals surface area contributed by atoms with Gasteiger partial charge in [0.15, 0.2) is 0 Å². The Bertz CT molecular complexity index is 163. The van der Waals surface area contributed by atoms with Gasteiger partial charge in [-0.2, -0.15) is 0 Å². The molecule has 0 saturated carbocycles. The SMILES string of the molecule is CC(=O)[C@@H]1CCCS(=O)C1. The molecular weight excluding hydrogens is 148 g/mol. The summed E-state index contributed by atoms with van der Waals surface area (Å²) in [6.07, 6.45) is 1.90. The van der Waals surface area contributed by atoms with Crippen molar-refractivity contribution in [3.63, 3.8) is 0 Å². The maximum Gasteiger partial charge on any atom is 0.133 e. The van der Waals surface area contributed by atoms with Crippen molar-refractivity contribution in [3.05, 3.63) is 0 Å². The zero-order valence-corrected chi connectivity index (χ0v) is 6.95. The van der Waals surface area contributed by atoms with Gasteiger partial charge in [-0.15, -0.1) is 0 Å². The first-order chi connectivity index (χ1) is 4.70. The van der Waals surface area contributed by atoms with Crippen LogP contribution in [-0.4, -0.2) is 21.5 Å². The standard InChI is InChI=1S/C7H12O2S/c1-6(8)7-3-2-4-10(9)5-7/h7H,2-5H2,1H3/t7-,10?/m1/s1. The van der Waals surface area contributed by atoms with Crippen molar-refractivity contribution in [1.29, 1.82) is 0 Å². The number of ketones is 1. The summed E-state index contributed by atoms with van der Waals surface area (Å²) in [5.74, 6) is 1.70. The lowest BCUT2D eigenvalue weighted by Gasteiger charge is -2.17. The minimum absolute atomic E-state index is 0.0922. The Hall–Kier alpha value is -0.180. The number of carbonyl (C=O) groups excluding carboxylic acids is 1. The molecule has 1 fully saturated rings. The van der Waals surface area contributed by atoms with Gasteiger partial charge in [0.2, 0.25) is 0 Å². The third-order valence-electron chi connectivity index (χ3n) is 1.89.